The van der Waals surface area contributed by atoms with Gasteiger partial charge in [0.05, 0.1) is 12.9 Å². The Morgan fingerprint density at radius 2 is 1.62 bits per heavy atom. The van der Waals surface area contributed by atoms with Crippen LogP contribution in [0.5, 0.6) is 0 Å². The zero-order valence-electron chi connectivity index (χ0n) is 11.8. The van der Waals surface area contributed by atoms with Gasteiger partial charge >= 0.3 is 0 Å². The molecule has 2 nitrogen and oxygen atoms in total. The summed E-state index contributed by atoms with van der Waals surface area (Å²) in [4.78, 5) is 0. The topological polar surface area (TPSA) is 18.5 Å². The molecule has 2 aromatic carbocycles. The molecule has 0 saturated carbocycles. The zero-order chi connectivity index (χ0) is 14.3. The van der Waals surface area contributed by atoms with Gasteiger partial charge < -0.3 is 9.47 Å². The highest BCUT2D eigenvalue weighted by Crippen LogP contribution is 2.21. The second-order valence-electron chi connectivity index (χ2n) is 4.95. The highest BCUT2D eigenvalue weighted by atomic mass is 16.7. The maximum atomic E-state index is 5.82. The lowest BCUT2D eigenvalue weighted by molar-refractivity contribution is -0.0660. The van der Waals surface area contributed by atoms with Crippen LogP contribution < -0.4 is 0 Å². The predicted molar refractivity (Wildman–Crippen MR) is 84.6 cm³/mol. The highest BCUT2D eigenvalue weighted by molar-refractivity contribution is 5.49. The number of hydrogen-bond acceptors (Lipinski definition) is 2. The highest BCUT2D eigenvalue weighted by Gasteiger charge is 2.15. The Bertz CT molecular complexity index is 602. The summed E-state index contributed by atoms with van der Waals surface area (Å²) in [6.45, 7) is 0.615. The van der Waals surface area contributed by atoms with Crippen LogP contribution in [-0.4, -0.2) is 12.9 Å². The maximum absolute atomic E-state index is 5.82. The third-order valence-electron chi connectivity index (χ3n) is 3.44. The van der Waals surface area contributed by atoms with Gasteiger partial charge in [0.25, 0.3) is 0 Å². The van der Waals surface area contributed by atoms with E-state index in [1.807, 2.05) is 54.6 Å². The molecular weight excluding hydrogens is 260 g/mol. The summed E-state index contributed by atoms with van der Waals surface area (Å²) < 4.78 is 11.4. The number of ether oxygens (including phenoxy) is 2. The molecule has 2 atom stereocenters. The van der Waals surface area contributed by atoms with Gasteiger partial charge in [-0.1, -0.05) is 66.7 Å². The van der Waals surface area contributed by atoms with Crippen LogP contribution in [0.3, 0.4) is 0 Å². The Balaban J connectivity index is 1.62. The van der Waals surface area contributed by atoms with Crippen molar-refractivity contribution in [3.05, 3.63) is 90.2 Å². The largest absolute Gasteiger partial charge is 0.469 e. The first-order valence-corrected chi connectivity index (χ1v) is 7.14. The molecule has 2 heteroatoms. The molecule has 0 aliphatic carbocycles. The Labute approximate surface area is 125 Å². The second-order valence-corrected chi connectivity index (χ2v) is 4.95. The average Bonchev–Trinajstić information content (AvgIpc) is 2.80. The van der Waals surface area contributed by atoms with Crippen molar-refractivity contribution in [3.8, 4) is 0 Å². The molecule has 0 aromatic heterocycles. The lowest BCUT2D eigenvalue weighted by Gasteiger charge is -2.14. The van der Waals surface area contributed by atoms with E-state index in [0.717, 1.165) is 5.56 Å². The van der Waals surface area contributed by atoms with Gasteiger partial charge in [-0.2, -0.15) is 0 Å². The second kappa shape index (κ2) is 6.91. The van der Waals surface area contributed by atoms with Gasteiger partial charge in [-0.25, -0.2) is 0 Å². The molecule has 1 aliphatic heterocycles. The molecule has 0 bridgehead atoms. The molecule has 2 aromatic rings. The van der Waals surface area contributed by atoms with Gasteiger partial charge in [0.1, 0.15) is 0 Å². The van der Waals surface area contributed by atoms with Crippen LogP contribution in [0.25, 0.3) is 6.08 Å². The van der Waals surface area contributed by atoms with E-state index in [-0.39, 0.29) is 12.2 Å². The van der Waals surface area contributed by atoms with Crippen molar-refractivity contribution in [2.24, 2.45) is 0 Å². The van der Waals surface area contributed by atoms with Crippen LogP contribution in [0.15, 0.2) is 79.1 Å². The standard InChI is InChI=1S/C19H18O2/c1-3-7-16(8-4-1)11-12-19-20-14-13-18(15-21-19)17-9-5-2-6-10-17/h1-14,18-19H,15H2/b12-11+/t18-,19-/m1/s1. The molecule has 106 valence electrons. The minimum Gasteiger partial charge on any atom is -0.469 e. The van der Waals surface area contributed by atoms with E-state index in [1.54, 1.807) is 6.26 Å². The van der Waals surface area contributed by atoms with Crippen molar-refractivity contribution in [1.29, 1.82) is 0 Å². The molecule has 3 rings (SSSR count). The molecule has 0 radical (unpaired) electrons. The summed E-state index contributed by atoms with van der Waals surface area (Å²) in [7, 11) is 0. The molecule has 0 fully saturated rings. The third kappa shape index (κ3) is 3.83. The van der Waals surface area contributed by atoms with Crippen LogP contribution in [0, 0.1) is 0 Å². The van der Waals surface area contributed by atoms with E-state index in [2.05, 4.69) is 24.3 Å². The quantitative estimate of drug-likeness (QED) is 0.830. The first kappa shape index (κ1) is 13.7. The number of benzene rings is 2. The van der Waals surface area contributed by atoms with E-state index in [4.69, 9.17) is 9.47 Å². The molecule has 21 heavy (non-hydrogen) atoms. The molecule has 0 N–H and O–H groups in total. The first-order chi connectivity index (χ1) is 10.4. The summed E-state index contributed by atoms with van der Waals surface area (Å²) in [6.07, 6.45) is 7.40. The van der Waals surface area contributed by atoms with Crippen LogP contribution in [0.4, 0.5) is 0 Å². The minimum absolute atomic E-state index is 0.237. The molecule has 0 unspecified atom stereocenters. The lowest BCUT2D eigenvalue weighted by Crippen LogP contribution is -2.13. The third-order valence-corrected chi connectivity index (χ3v) is 3.44. The van der Waals surface area contributed by atoms with Gasteiger partial charge in [0, 0.05) is 5.92 Å². The Morgan fingerprint density at radius 1 is 0.905 bits per heavy atom. The lowest BCUT2D eigenvalue weighted by atomic mass is 10.0. The summed E-state index contributed by atoms with van der Waals surface area (Å²) >= 11 is 0. The normalized spacial score (nSPS) is 21.9. The number of rotatable bonds is 3. The van der Waals surface area contributed by atoms with Gasteiger partial charge in [0.2, 0.25) is 6.29 Å². The molecule has 0 spiro atoms. The summed E-state index contributed by atoms with van der Waals surface area (Å²) in [6, 6.07) is 20.5. The van der Waals surface area contributed by atoms with Crippen LogP contribution in [0.2, 0.25) is 0 Å². The van der Waals surface area contributed by atoms with Crippen molar-refractivity contribution in [2.45, 2.75) is 12.2 Å². The van der Waals surface area contributed by atoms with E-state index in [9.17, 15) is 0 Å². The fourth-order valence-corrected chi connectivity index (χ4v) is 2.27. The van der Waals surface area contributed by atoms with Crippen molar-refractivity contribution in [3.63, 3.8) is 0 Å². The van der Waals surface area contributed by atoms with Crippen molar-refractivity contribution < 1.29 is 9.47 Å². The maximum Gasteiger partial charge on any atom is 0.219 e. The SMILES string of the molecule is C1=C[C@@H](c2ccccc2)CO[C@H](/C=C/c2ccccc2)O1. The Hall–Kier alpha value is -2.32. The molecule has 0 amide bonds. The van der Waals surface area contributed by atoms with E-state index in [0.29, 0.717) is 6.61 Å². The fraction of sp³-hybridized carbons (Fsp3) is 0.158. The Morgan fingerprint density at radius 3 is 2.38 bits per heavy atom. The zero-order valence-corrected chi connectivity index (χ0v) is 11.8. The van der Waals surface area contributed by atoms with E-state index >= 15 is 0 Å². The van der Waals surface area contributed by atoms with Crippen LogP contribution in [-0.2, 0) is 9.47 Å². The van der Waals surface area contributed by atoms with Crippen LogP contribution in [0.1, 0.15) is 17.0 Å². The van der Waals surface area contributed by atoms with Gasteiger partial charge in [0.15, 0.2) is 0 Å². The average molecular weight is 278 g/mol. The minimum atomic E-state index is -0.338. The molecule has 0 saturated heterocycles. The summed E-state index contributed by atoms with van der Waals surface area (Å²) in [5.74, 6) is 0.237. The number of hydrogen-bond donors (Lipinski definition) is 0. The summed E-state index contributed by atoms with van der Waals surface area (Å²) in [5, 5.41) is 0. The summed E-state index contributed by atoms with van der Waals surface area (Å²) in [5.41, 5.74) is 2.38. The van der Waals surface area contributed by atoms with Crippen molar-refractivity contribution in [2.75, 3.05) is 6.61 Å². The fourth-order valence-electron chi connectivity index (χ4n) is 2.27. The van der Waals surface area contributed by atoms with E-state index in [1.165, 1.54) is 5.56 Å². The van der Waals surface area contributed by atoms with Crippen molar-refractivity contribution >= 4 is 6.08 Å². The Kier molecular flexibility index (Phi) is 4.49. The van der Waals surface area contributed by atoms with Crippen molar-refractivity contribution in [1.82, 2.24) is 0 Å². The van der Waals surface area contributed by atoms with Crippen LogP contribution >= 0.6 is 0 Å². The first-order valence-electron chi connectivity index (χ1n) is 7.14. The monoisotopic (exact) mass is 278 g/mol. The smallest absolute Gasteiger partial charge is 0.219 e. The molecule has 1 heterocycles. The van der Waals surface area contributed by atoms with E-state index < -0.39 is 0 Å². The van der Waals surface area contributed by atoms with Gasteiger partial charge in [-0.05, 0) is 23.3 Å². The predicted octanol–water partition coefficient (Wildman–Crippen LogP) is 4.37. The van der Waals surface area contributed by atoms with Gasteiger partial charge in [-0.3, -0.25) is 0 Å². The van der Waals surface area contributed by atoms with Gasteiger partial charge in [-0.15, -0.1) is 0 Å². The molecule has 1 aliphatic rings. The molecular formula is C19H18O2.